The Morgan fingerprint density at radius 3 is 2.34 bits per heavy atom. The summed E-state index contributed by atoms with van der Waals surface area (Å²) in [5.41, 5.74) is 10.6. The fourth-order valence-electron chi connectivity index (χ4n) is 6.83. The van der Waals surface area contributed by atoms with Gasteiger partial charge in [0.15, 0.2) is 0 Å². The van der Waals surface area contributed by atoms with Crippen molar-refractivity contribution >= 4 is 69.3 Å². The van der Waals surface area contributed by atoms with Gasteiger partial charge < -0.3 is 26.6 Å². The Morgan fingerprint density at radius 2 is 1.61 bits per heavy atom. The Bertz CT molecular complexity index is 2430. The summed E-state index contributed by atoms with van der Waals surface area (Å²) >= 11 is 0. The number of primary amides is 1. The van der Waals surface area contributed by atoms with E-state index in [4.69, 9.17) is 5.73 Å². The van der Waals surface area contributed by atoms with Crippen LogP contribution in [0.4, 0.5) is 17.1 Å². The molecular weight excluding hydrogens is 716 g/mol. The zero-order valence-electron chi connectivity index (χ0n) is 30.1. The fraction of sp³-hybridized carbons (Fsp3) is 0.171. The molecule has 3 heterocycles. The van der Waals surface area contributed by atoms with Crippen LogP contribution in [0, 0.1) is 0 Å². The van der Waals surface area contributed by atoms with Crippen LogP contribution in [0.25, 0.3) is 22.0 Å². The summed E-state index contributed by atoms with van der Waals surface area (Å²) in [6, 6.07) is 25.7. The van der Waals surface area contributed by atoms with Crippen LogP contribution in [0.5, 0.6) is 0 Å². The highest BCUT2D eigenvalue weighted by atomic mass is 16.2. The molecule has 1 unspecified atom stereocenters. The minimum atomic E-state index is -1.10. The number of imide groups is 2. The van der Waals surface area contributed by atoms with Crippen molar-refractivity contribution in [3.05, 3.63) is 119 Å². The van der Waals surface area contributed by atoms with Gasteiger partial charge in [0.05, 0.1) is 40.1 Å². The number of nitrogens with one attached hydrogen (secondary N) is 4. The predicted octanol–water partition coefficient (Wildman–Crippen LogP) is 3.13. The summed E-state index contributed by atoms with van der Waals surface area (Å²) in [5.74, 6) is -3.79. The second-order valence-corrected chi connectivity index (χ2v) is 13.3. The standard InChI is InChI=1S/C41H36N8O7/c1-48(31-9-5-8-28-35(31)41(56)49(40(28)55)32-16-17-33(50)47-39(32)54)22-34(51)43-18-19-44-38(53)24-12-10-23(11-13-24)25-14-15-27-30(20-25)45-21-29(37(42)52)36(27)46-26-6-3-2-4-7-26/h2-15,20-21,32H,16-19,22H2,1H3,(H2,42,52)(H,43,51)(H,44,53)(H,45,46)(H,47,50,54). The van der Waals surface area contributed by atoms with Gasteiger partial charge in [-0.25, -0.2) is 0 Å². The van der Waals surface area contributed by atoms with Crippen LogP contribution < -0.4 is 31.9 Å². The average molecular weight is 753 g/mol. The number of benzene rings is 4. The Labute approximate surface area is 320 Å². The smallest absolute Gasteiger partial charge is 0.264 e. The minimum Gasteiger partial charge on any atom is -0.365 e. The molecular formula is C41H36N8O7. The molecule has 7 rings (SSSR count). The van der Waals surface area contributed by atoms with Gasteiger partial charge in [-0.2, -0.15) is 0 Å². The molecule has 7 amide bonds. The third kappa shape index (κ3) is 7.37. The number of fused-ring (bicyclic) bond motifs is 2. The molecule has 2 aliphatic heterocycles. The lowest BCUT2D eigenvalue weighted by Crippen LogP contribution is -2.54. The Hall–Kier alpha value is -7.42. The number of nitrogens with two attached hydrogens (primary N) is 1. The van der Waals surface area contributed by atoms with E-state index in [1.165, 1.54) is 17.2 Å². The first-order valence-electron chi connectivity index (χ1n) is 17.8. The first-order valence-corrected chi connectivity index (χ1v) is 17.8. The van der Waals surface area contributed by atoms with Gasteiger partial charge in [-0.05, 0) is 60.0 Å². The first-order chi connectivity index (χ1) is 27.0. The molecule has 1 saturated heterocycles. The zero-order valence-corrected chi connectivity index (χ0v) is 30.1. The summed E-state index contributed by atoms with van der Waals surface area (Å²) in [6.07, 6.45) is 1.49. The second-order valence-electron chi connectivity index (χ2n) is 13.3. The molecule has 6 N–H and O–H groups in total. The molecule has 15 nitrogen and oxygen atoms in total. The summed E-state index contributed by atoms with van der Waals surface area (Å²) in [7, 11) is 1.60. The lowest BCUT2D eigenvalue weighted by atomic mass is 10.0. The molecule has 1 atom stereocenters. The second kappa shape index (κ2) is 15.5. The van der Waals surface area contributed by atoms with Crippen molar-refractivity contribution in [2.75, 3.05) is 36.9 Å². The van der Waals surface area contributed by atoms with Gasteiger partial charge in [0.2, 0.25) is 17.7 Å². The topological polar surface area (TPSA) is 213 Å². The number of nitrogens with zero attached hydrogens (tertiary/aromatic N) is 3. The number of anilines is 3. The molecule has 1 fully saturated rings. The number of hydrogen-bond donors (Lipinski definition) is 5. The molecule has 0 aliphatic carbocycles. The van der Waals surface area contributed by atoms with Crippen molar-refractivity contribution in [2.45, 2.75) is 18.9 Å². The van der Waals surface area contributed by atoms with E-state index in [0.717, 1.165) is 27.1 Å². The monoisotopic (exact) mass is 752 g/mol. The molecule has 15 heteroatoms. The maximum Gasteiger partial charge on any atom is 0.264 e. The third-order valence-electron chi connectivity index (χ3n) is 9.63. The summed E-state index contributed by atoms with van der Waals surface area (Å²) in [5, 5.41) is 11.7. The van der Waals surface area contributed by atoms with Crippen LogP contribution in [0.3, 0.4) is 0 Å². The number of pyridine rings is 1. The van der Waals surface area contributed by atoms with Crippen molar-refractivity contribution in [1.82, 2.24) is 25.8 Å². The number of piperidine rings is 1. The van der Waals surface area contributed by atoms with E-state index < -0.39 is 35.6 Å². The van der Waals surface area contributed by atoms with Crippen molar-refractivity contribution in [1.29, 1.82) is 0 Å². The van der Waals surface area contributed by atoms with E-state index in [0.29, 0.717) is 22.5 Å². The van der Waals surface area contributed by atoms with Gasteiger partial charge in [-0.1, -0.05) is 48.5 Å². The van der Waals surface area contributed by atoms with Gasteiger partial charge in [-0.3, -0.25) is 48.8 Å². The molecule has 0 bridgehead atoms. The molecule has 1 aromatic heterocycles. The lowest BCUT2D eigenvalue weighted by Gasteiger charge is -2.28. The quantitative estimate of drug-likeness (QED) is 0.0928. The normalized spacial score (nSPS) is 14.9. The van der Waals surface area contributed by atoms with Gasteiger partial charge in [-0.15, -0.1) is 0 Å². The fourth-order valence-corrected chi connectivity index (χ4v) is 6.83. The molecule has 0 radical (unpaired) electrons. The van der Waals surface area contributed by atoms with E-state index in [1.54, 1.807) is 31.3 Å². The van der Waals surface area contributed by atoms with Gasteiger partial charge >= 0.3 is 0 Å². The zero-order chi connectivity index (χ0) is 39.5. The van der Waals surface area contributed by atoms with E-state index >= 15 is 0 Å². The largest absolute Gasteiger partial charge is 0.365 e. The van der Waals surface area contributed by atoms with E-state index in [9.17, 15) is 33.6 Å². The maximum atomic E-state index is 13.4. The van der Waals surface area contributed by atoms with Crippen molar-refractivity contribution in [3.8, 4) is 11.1 Å². The summed E-state index contributed by atoms with van der Waals surface area (Å²) < 4.78 is 0. The van der Waals surface area contributed by atoms with Crippen LogP contribution >= 0.6 is 0 Å². The molecule has 2 aliphatic rings. The number of likely N-dealkylation sites (N-methyl/N-ethyl adjacent to an activating group) is 1. The van der Waals surface area contributed by atoms with Crippen molar-refractivity contribution < 1.29 is 33.6 Å². The highest BCUT2D eigenvalue weighted by molar-refractivity contribution is 6.25. The summed E-state index contributed by atoms with van der Waals surface area (Å²) in [4.78, 5) is 95.4. The molecule has 282 valence electrons. The van der Waals surface area contributed by atoms with Gasteiger partial charge in [0.25, 0.3) is 23.6 Å². The molecule has 0 saturated carbocycles. The number of para-hydroxylation sites is 1. The minimum absolute atomic E-state index is 0.00628. The lowest BCUT2D eigenvalue weighted by molar-refractivity contribution is -0.136. The summed E-state index contributed by atoms with van der Waals surface area (Å²) in [6.45, 7) is 0.119. The molecule has 0 spiro atoms. The van der Waals surface area contributed by atoms with E-state index in [1.807, 2.05) is 60.7 Å². The molecule has 5 aromatic rings. The Balaban J connectivity index is 0.927. The van der Waals surface area contributed by atoms with Gasteiger partial charge in [0, 0.05) is 49.4 Å². The number of aromatic nitrogens is 1. The highest BCUT2D eigenvalue weighted by Gasteiger charge is 2.46. The third-order valence-corrected chi connectivity index (χ3v) is 9.63. The number of carbonyl (C=O) groups is 7. The van der Waals surface area contributed by atoms with E-state index in [-0.39, 0.29) is 61.0 Å². The molecule has 56 heavy (non-hydrogen) atoms. The first kappa shape index (κ1) is 36.9. The van der Waals surface area contributed by atoms with Crippen molar-refractivity contribution in [3.63, 3.8) is 0 Å². The number of hydrogen-bond acceptors (Lipinski definition) is 10. The number of rotatable bonds is 12. The highest BCUT2D eigenvalue weighted by Crippen LogP contribution is 2.34. The van der Waals surface area contributed by atoms with Crippen LogP contribution in [0.15, 0.2) is 97.2 Å². The Kier molecular flexibility index (Phi) is 10.2. The maximum absolute atomic E-state index is 13.4. The van der Waals surface area contributed by atoms with Crippen molar-refractivity contribution in [2.24, 2.45) is 5.73 Å². The number of amides is 7. The van der Waals surface area contributed by atoms with Crippen LogP contribution in [0.2, 0.25) is 0 Å². The van der Waals surface area contributed by atoms with E-state index in [2.05, 4.69) is 26.3 Å². The van der Waals surface area contributed by atoms with Crippen LogP contribution in [-0.4, -0.2) is 84.0 Å². The van der Waals surface area contributed by atoms with Gasteiger partial charge in [0.1, 0.15) is 6.04 Å². The Morgan fingerprint density at radius 1 is 0.875 bits per heavy atom. The van der Waals surface area contributed by atoms with Crippen LogP contribution in [0.1, 0.15) is 54.3 Å². The number of carbonyl (C=O) groups excluding carboxylic acids is 7. The SMILES string of the molecule is CN(CC(=O)NCCNC(=O)c1ccc(-c2ccc3c(Nc4ccccc4)c(C(N)=O)cnc3c2)cc1)c1cccc2c1C(=O)N(C1CCC(=O)NC1=O)C2=O. The molecule has 4 aromatic carbocycles. The average Bonchev–Trinajstić information content (AvgIpc) is 3.45. The van der Waals surface area contributed by atoms with Crippen LogP contribution in [-0.2, 0) is 14.4 Å². The predicted molar refractivity (Wildman–Crippen MR) is 207 cm³/mol.